The maximum Gasteiger partial charge on any atom is 0.243 e. The maximum absolute atomic E-state index is 12.4. The molecule has 5 nitrogen and oxygen atoms in total. The number of aliphatic hydroxyl groups excluding tert-OH is 1. The molecular formula is C17H22N2O3. The number of likely N-dealkylation sites (tertiary alicyclic amines) is 1. The van der Waals surface area contributed by atoms with Gasteiger partial charge in [0.2, 0.25) is 11.8 Å². The summed E-state index contributed by atoms with van der Waals surface area (Å²) in [6.45, 7) is 0.600. The molecule has 1 aliphatic carbocycles. The van der Waals surface area contributed by atoms with Crippen molar-refractivity contribution in [2.45, 2.75) is 50.3 Å². The summed E-state index contributed by atoms with van der Waals surface area (Å²) in [6, 6.07) is 9.10. The van der Waals surface area contributed by atoms with Crippen molar-refractivity contribution in [2.75, 3.05) is 6.54 Å². The molecule has 1 heterocycles. The van der Waals surface area contributed by atoms with Gasteiger partial charge in [-0.15, -0.1) is 0 Å². The van der Waals surface area contributed by atoms with Crippen LogP contribution in [0.1, 0.15) is 43.8 Å². The lowest BCUT2D eigenvalue weighted by atomic mass is 10.1. The number of carbonyl (C=O) groups excluding carboxylic acids is 2. The monoisotopic (exact) mass is 302 g/mol. The fraction of sp³-hybridized carbons (Fsp3) is 0.529. The lowest BCUT2D eigenvalue weighted by Crippen LogP contribution is -2.46. The highest BCUT2D eigenvalue weighted by Gasteiger charge is 2.36. The minimum Gasteiger partial charge on any atom is -0.388 e. The molecule has 1 aliphatic heterocycles. The van der Waals surface area contributed by atoms with Crippen molar-refractivity contribution in [3.63, 3.8) is 0 Å². The Morgan fingerprint density at radius 1 is 1.23 bits per heavy atom. The molecule has 0 aromatic heterocycles. The second-order valence-corrected chi connectivity index (χ2v) is 6.16. The second kappa shape index (κ2) is 6.48. The Morgan fingerprint density at radius 3 is 2.64 bits per heavy atom. The van der Waals surface area contributed by atoms with Crippen LogP contribution in [0.4, 0.5) is 0 Å². The third-order valence-electron chi connectivity index (χ3n) is 4.35. The Kier molecular flexibility index (Phi) is 4.43. The Hall–Kier alpha value is -1.88. The van der Waals surface area contributed by atoms with Gasteiger partial charge in [-0.2, -0.15) is 0 Å². The van der Waals surface area contributed by atoms with Crippen molar-refractivity contribution in [1.82, 2.24) is 10.2 Å². The molecule has 2 aliphatic rings. The van der Waals surface area contributed by atoms with E-state index in [1.165, 1.54) is 0 Å². The van der Waals surface area contributed by atoms with Gasteiger partial charge in [-0.1, -0.05) is 30.3 Å². The number of rotatable bonds is 5. The number of nitrogens with one attached hydrogen (secondary N) is 1. The third-order valence-corrected chi connectivity index (χ3v) is 4.35. The van der Waals surface area contributed by atoms with Crippen LogP contribution < -0.4 is 5.32 Å². The lowest BCUT2D eigenvalue weighted by molar-refractivity contribution is -0.140. The number of carbonyl (C=O) groups is 2. The number of amides is 2. The standard InChI is InChI=1S/C17H22N2O3/c20-15(12-5-2-1-3-6-12)11-16(21)19-10-4-7-14(19)17(22)18-13-8-9-13/h1-3,5-6,13-15,20H,4,7-11H2,(H,18,22). The molecule has 1 saturated heterocycles. The quantitative estimate of drug-likeness (QED) is 0.863. The van der Waals surface area contributed by atoms with Gasteiger partial charge >= 0.3 is 0 Å². The van der Waals surface area contributed by atoms with E-state index in [-0.39, 0.29) is 24.3 Å². The molecule has 5 heteroatoms. The van der Waals surface area contributed by atoms with Crippen molar-refractivity contribution in [3.8, 4) is 0 Å². The smallest absolute Gasteiger partial charge is 0.243 e. The average molecular weight is 302 g/mol. The van der Waals surface area contributed by atoms with E-state index < -0.39 is 6.10 Å². The number of aliphatic hydroxyl groups is 1. The van der Waals surface area contributed by atoms with Crippen molar-refractivity contribution in [2.24, 2.45) is 0 Å². The molecule has 118 valence electrons. The molecule has 0 spiro atoms. The zero-order valence-corrected chi connectivity index (χ0v) is 12.6. The van der Waals surface area contributed by atoms with Gasteiger partial charge in [0, 0.05) is 12.6 Å². The maximum atomic E-state index is 12.4. The lowest BCUT2D eigenvalue weighted by Gasteiger charge is -2.25. The highest BCUT2D eigenvalue weighted by atomic mass is 16.3. The molecule has 1 aromatic rings. The molecule has 2 unspecified atom stereocenters. The van der Waals surface area contributed by atoms with Crippen molar-refractivity contribution in [1.29, 1.82) is 0 Å². The number of benzene rings is 1. The zero-order valence-electron chi connectivity index (χ0n) is 12.6. The Labute approximate surface area is 130 Å². The Morgan fingerprint density at radius 2 is 1.95 bits per heavy atom. The first-order chi connectivity index (χ1) is 10.6. The molecular weight excluding hydrogens is 280 g/mol. The minimum atomic E-state index is -0.818. The molecule has 22 heavy (non-hydrogen) atoms. The summed E-state index contributed by atoms with van der Waals surface area (Å²) in [6.07, 6.45) is 2.85. The van der Waals surface area contributed by atoms with E-state index in [2.05, 4.69) is 5.32 Å². The molecule has 3 rings (SSSR count). The summed E-state index contributed by atoms with van der Waals surface area (Å²) in [7, 11) is 0. The van der Waals surface area contributed by atoms with Crippen LogP contribution in [0, 0.1) is 0 Å². The molecule has 1 aromatic carbocycles. The van der Waals surface area contributed by atoms with Crippen LogP contribution in [-0.4, -0.2) is 40.4 Å². The highest BCUT2D eigenvalue weighted by molar-refractivity contribution is 5.88. The van der Waals surface area contributed by atoms with Crippen molar-refractivity contribution < 1.29 is 14.7 Å². The summed E-state index contributed by atoms with van der Waals surface area (Å²) in [5.74, 6) is -0.188. The second-order valence-electron chi connectivity index (χ2n) is 6.16. The van der Waals surface area contributed by atoms with Gasteiger partial charge in [0.1, 0.15) is 6.04 Å². The Bertz CT molecular complexity index is 542. The van der Waals surface area contributed by atoms with E-state index in [9.17, 15) is 14.7 Å². The fourth-order valence-electron chi connectivity index (χ4n) is 2.94. The summed E-state index contributed by atoms with van der Waals surface area (Å²) < 4.78 is 0. The summed E-state index contributed by atoms with van der Waals surface area (Å²) in [4.78, 5) is 26.3. The van der Waals surface area contributed by atoms with E-state index in [4.69, 9.17) is 0 Å². The first kappa shape index (κ1) is 15.0. The van der Waals surface area contributed by atoms with Crippen LogP contribution in [0.25, 0.3) is 0 Å². The average Bonchev–Trinajstić information content (AvgIpc) is 3.19. The first-order valence-corrected chi connectivity index (χ1v) is 7.98. The van der Waals surface area contributed by atoms with Crippen LogP contribution >= 0.6 is 0 Å². The molecule has 2 N–H and O–H groups in total. The largest absolute Gasteiger partial charge is 0.388 e. The summed E-state index contributed by atoms with van der Waals surface area (Å²) >= 11 is 0. The van der Waals surface area contributed by atoms with E-state index >= 15 is 0 Å². The van der Waals surface area contributed by atoms with Crippen LogP contribution in [0.3, 0.4) is 0 Å². The third kappa shape index (κ3) is 3.47. The molecule has 0 radical (unpaired) electrons. The van der Waals surface area contributed by atoms with Crippen LogP contribution in [0.15, 0.2) is 30.3 Å². The summed E-state index contributed by atoms with van der Waals surface area (Å²) in [5, 5.41) is 13.2. The molecule has 2 fully saturated rings. The van der Waals surface area contributed by atoms with Crippen LogP contribution in [-0.2, 0) is 9.59 Å². The summed E-state index contributed by atoms with van der Waals surface area (Å²) in [5.41, 5.74) is 0.731. The topological polar surface area (TPSA) is 69.6 Å². The molecule has 2 atom stereocenters. The molecule has 1 saturated carbocycles. The van der Waals surface area contributed by atoms with Crippen molar-refractivity contribution >= 4 is 11.8 Å². The van der Waals surface area contributed by atoms with Gasteiger partial charge in [0.25, 0.3) is 0 Å². The van der Waals surface area contributed by atoms with Gasteiger partial charge in [0.15, 0.2) is 0 Å². The molecule has 0 bridgehead atoms. The Balaban J connectivity index is 1.59. The predicted octanol–water partition coefficient (Wildman–Crippen LogP) is 1.38. The predicted molar refractivity (Wildman–Crippen MR) is 81.9 cm³/mol. The number of hydrogen-bond acceptors (Lipinski definition) is 3. The fourth-order valence-corrected chi connectivity index (χ4v) is 2.94. The van der Waals surface area contributed by atoms with Gasteiger partial charge in [-0.05, 0) is 31.2 Å². The highest BCUT2D eigenvalue weighted by Crippen LogP contribution is 2.25. The van der Waals surface area contributed by atoms with Crippen LogP contribution in [0.2, 0.25) is 0 Å². The van der Waals surface area contributed by atoms with Gasteiger partial charge in [0.05, 0.1) is 12.5 Å². The normalized spacial score (nSPS) is 22.4. The van der Waals surface area contributed by atoms with Gasteiger partial charge in [-0.3, -0.25) is 9.59 Å². The first-order valence-electron chi connectivity index (χ1n) is 7.98. The zero-order chi connectivity index (χ0) is 15.5. The molecule has 2 amide bonds. The number of nitrogens with zero attached hydrogens (tertiary/aromatic N) is 1. The van der Waals surface area contributed by atoms with E-state index in [1.54, 1.807) is 17.0 Å². The van der Waals surface area contributed by atoms with Gasteiger partial charge in [-0.25, -0.2) is 0 Å². The van der Waals surface area contributed by atoms with E-state index in [0.717, 1.165) is 24.8 Å². The minimum absolute atomic E-state index is 0.0250. The van der Waals surface area contributed by atoms with Crippen molar-refractivity contribution in [3.05, 3.63) is 35.9 Å². The van der Waals surface area contributed by atoms with E-state index in [1.807, 2.05) is 18.2 Å². The number of hydrogen-bond donors (Lipinski definition) is 2. The SMILES string of the molecule is O=C(NC1CC1)C1CCCN1C(=O)CC(O)c1ccccc1. The van der Waals surface area contributed by atoms with Crippen LogP contribution in [0.5, 0.6) is 0 Å². The van der Waals surface area contributed by atoms with E-state index in [0.29, 0.717) is 19.0 Å². The van der Waals surface area contributed by atoms with Gasteiger partial charge < -0.3 is 15.3 Å².